The Kier molecular flexibility index (Phi) is 19.5. The normalized spacial score (nSPS) is 47.7. The summed E-state index contributed by atoms with van der Waals surface area (Å²) in [4.78, 5) is 24.1. The molecule has 0 aromatic heterocycles. The molecule has 31 heteroatoms. The van der Waals surface area contributed by atoms with E-state index < -0.39 is 217 Å². The van der Waals surface area contributed by atoms with Crippen molar-refractivity contribution >= 4 is 11.9 Å². The van der Waals surface area contributed by atoms with Gasteiger partial charge in [-0.2, -0.15) is 0 Å². The van der Waals surface area contributed by atoms with Crippen LogP contribution in [-0.4, -0.2) is 307 Å². The molecule has 5 heterocycles. The highest BCUT2D eigenvalue weighted by Crippen LogP contribution is 2.39. The summed E-state index contributed by atoms with van der Waals surface area (Å²) < 4.78 is 51.5. The first kappa shape index (κ1) is 55.8. The lowest BCUT2D eigenvalue weighted by molar-refractivity contribution is -0.411. The Morgan fingerprint density at radius 3 is 1.58 bits per heavy atom. The van der Waals surface area contributed by atoms with E-state index in [9.17, 15) is 107 Å². The molecule has 5 fully saturated rings. The maximum Gasteiger partial charge on any atom is 0.364 e. The van der Waals surface area contributed by atoms with Crippen molar-refractivity contribution in [2.75, 3.05) is 33.0 Å². The number of aliphatic carboxylic acids is 1. The maximum absolute atomic E-state index is 12.2. The van der Waals surface area contributed by atoms with Crippen molar-refractivity contribution in [3.8, 4) is 0 Å². The van der Waals surface area contributed by atoms with Crippen LogP contribution >= 0.6 is 0 Å². The van der Waals surface area contributed by atoms with Crippen LogP contribution < -0.4 is 5.32 Å². The summed E-state index contributed by atoms with van der Waals surface area (Å²) in [6.07, 6.45) is -54.6. The Bertz CT molecular complexity index is 1590. The highest BCUT2D eigenvalue weighted by Gasteiger charge is 2.60. The van der Waals surface area contributed by atoms with Crippen LogP contribution in [0.15, 0.2) is 0 Å². The van der Waals surface area contributed by atoms with Gasteiger partial charge in [-0.1, -0.05) is 0 Å². The van der Waals surface area contributed by atoms with Crippen molar-refractivity contribution in [1.82, 2.24) is 5.32 Å². The standard InChI is InChI=1S/C36H61NO30/c1-8(43)37-15-18(50)16(48)13(6-41)59-31(15)65-29-21(53)20(52)24(10(45)3-38)61-34(29)64-28-23(55)33(62-25-9(44)2-36(58,35(56)57)67-27(25)12(47)5-40)63-26(11(46)4-39)30(28)66-32-22(54)19(51)17(49)14(7-42)60-32/h9-34,38-42,44-55,58H,2-7H2,1H3,(H,37,43)(H,56,57)/t9-,10+,11+,12-,13-,14-,15-,16-,17-,18-,19+,20+,21+,22-,23+,24-,25-,26-,27-,28-,29+,30-,31-,32+,33+,34-,36-/m1/s1. The molecular formula is C36H61NO30. The van der Waals surface area contributed by atoms with Crippen molar-refractivity contribution in [1.29, 1.82) is 0 Å². The average molecular weight is 988 g/mol. The molecule has 27 atom stereocenters. The zero-order valence-corrected chi connectivity index (χ0v) is 35.2. The molecule has 5 aliphatic rings. The molecule has 1 amide bonds. The zero-order valence-electron chi connectivity index (χ0n) is 35.2. The molecule has 5 aliphatic heterocycles. The number of carbonyl (C=O) groups excluding carboxylic acids is 1. The van der Waals surface area contributed by atoms with Gasteiger partial charge in [-0.25, -0.2) is 4.79 Å². The summed E-state index contributed by atoms with van der Waals surface area (Å²) in [7, 11) is 0. The largest absolute Gasteiger partial charge is 0.477 e. The number of carboxylic acids is 1. The van der Waals surface area contributed by atoms with Gasteiger partial charge >= 0.3 is 5.97 Å². The molecule has 67 heavy (non-hydrogen) atoms. The first-order chi connectivity index (χ1) is 31.5. The SMILES string of the molecule is CC(=O)N[C@H]1[C@@H](O[C@@H]2[C@@H](O[C@@H]3[C@H](O)[C@@H](O[C@H]4[C@@H]([C@H](O)CO)O[C@@](O)(C(=O)O)C[C@H]4O)O[C@H]([C@@H](O)CO)[C@H]3O[C@@H]3O[C@H](CO)[C@@H](O)[C@H](O)[C@H]3O)O[C@H]([C@@H](O)CO)[C@@H](O)[C@@H]2O)O[C@H](CO)[C@@H](O)[C@@H]1O. The van der Waals surface area contributed by atoms with Crippen LogP contribution in [0.4, 0.5) is 0 Å². The predicted molar refractivity (Wildman–Crippen MR) is 201 cm³/mol. The van der Waals surface area contributed by atoms with Gasteiger partial charge in [0.1, 0.15) is 128 Å². The Morgan fingerprint density at radius 2 is 1.03 bits per heavy atom. The van der Waals surface area contributed by atoms with Crippen LogP contribution in [0.1, 0.15) is 13.3 Å². The summed E-state index contributed by atoms with van der Waals surface area (Å²) in [5.41, 5.74) is 0. The number of rotatable bonds is 18. The lowest BCUT2D eigenvalue weighted by atomic mass is 9.91. The lowest BCUT2D eigenvalue weighted by Crippen LogP contribution is -2.71. The number of carboxylic acid groups (broad SMARTS) is 1. The van der Waals surface area contributed by atoms with E-state index in [2.05, 4.69) is 5.32 Å². The van der Waals surface area contributed by atoms with Gasteiger partial charge in [0.15, 0.2) is 25.2 Å². The molecule has 5 saturated heterocycles. The summed E-state index contributed by atoms with van der Waals surface area (Å²) in [5.74, 6) is -6.09. The number of aliphatic hydroxyl groups is 18. The second-order valence-electron chi connectivity index (χ2n) is 16.6. The van der Waals surface area contributed by atoms with Crippen molar-refractivity contribution in [2.45, 2.75) is 179 Å². The van der Waals surface area contributed by atoms with Gasteiger partial charge in [-0.05, 0) is 0 Å². The van der Waals surface area contributed by atoms with Crippen molar-refractivity contribution in [2.24, 2.45) is 0 Å². The molecule has 390 valence electrons. The molecule has 0 unspecified atom stereocenters. The number of carbonyl (C=O) groups is 2. The van der Waals surface area contributed by atoms with E-state index in [1.807, 2.05) is 0 Å². The van der Waals surface area contributed by atoms with Crippen LogP contribution in [-0.2, 0) is 52.2 Å². The lowest BCUT2D eigenvalue weighted by Gasteiger charge is -2.52. The molecule has 5 rings (SSSR count). The predicted octanol–water partition coefficient (Wildman–Crippen LogP) is -13.2. The number of hydrogen-bond donors (Lipinski definition) is 20. The summed E-state index contributed by atoms with van der Waals surface area (Å²) >= 11 is 0. The van der Waals surface area contributed by atoms with Gasteiger partial charge < -0.3 is 145 Å². The topological polar surface area (TPSA) is 514 Å². The fourth-order valence-electron chi connectivity index (χ4n) is 8.28. The molecule has 0 aromatic rings. The van der Waals surface area contributed by atoms with E-state index in [1.165, 1.54) is 0 Å². The van der Waals surface area contributed by atoms with E-state index in [4.69, 9.17) is 42.6 Å². The second-order valence-corrected chi connectivity index (χ2v) is 16.6. The fourth-order valence-corrected chi connectivity index (χ4v) is 8.28. The number of ether oxygens (including phenoxy) is 9. The quantitative estimate of drug-likeness (QED) is 0.0606. The van der Waals surface area contributed by atoms with Crippen LogP contribution in [0, 0.1) is 0 Å². The number of nitrogens with one attached hydrogen (secondary N) is 1. The van der Waals surface area contributed by atoms with Gasteiger partial charge in [0.25, 0.3) is 5.79 Å². The van der Waals surface area contributed by atoms with E-state index in [0.29, 0.717) is 0 Å². The molecule has 0 radical (unpaired) electrons. The average Bonchev–Trinajstić information content (AvgIpc) is 3.29. The van der Waals surface area contributed by atoms with Crippen LogP contribution in [0.3, 0.4) is 0 Å². The second kappa shape index (κ2) is 23.4. The first-order valence-corrected chi connectivity index (χ1v) is 20.8. The number of hydrogen-bond acceptors (Lipinski definition) is 29. The minimum absolute atomic E-state index is 0.844. The molecular weight excluding hydrogens is 926 g/mol. The van der Waals surface area contributed by atoms with E-state index in [0.717, 1.165) is 6.92 Å². The Hall–Kier alpha value is -2.14. The third kappa shape index (κ3) is 11.8. The van der Waals surface area contributed by atoms with E-state index in [1.54, 1.807) is 0 Å². The Morgan fingerprint density at radius 1 is 0.552 bits per heavy atom. The maximum atomic E-state index is 12.2. The van der Waals surface area contributed by atoms with Gasteiger partial charge in [0, 0.05) is 13.3 Å². The highest BCUT2D eigenvalue weighted by atomic mass is 16.8. The number of amides is 1. The van der Waals surface area contributed by atoms with Gasteiger partial charge in [0.2, 0.25) is 5.91 Å². The van der Waals surface area contributed by atoms with Gasteiger partial charge in [-0.15, -0.1) is 0 Å². The molecule has 0 bridgehead atoms. The third-order valence-electron chi connectivity index (χ3n) is 12.0. The monoisotopic (exact) mass is 987 g/mol. The molecule has 0 aliphatic carbocycles. The van der Waals surface area contributed by atoms with Crippen LogP contribution in [0.5, 0.6) is 0 Å². The van der Waals surface area contributed by atoms with Crippen molar-refractivity contribution < 1.29 is 149 Å². The highest BCUT2D eigenvalue weighted by molar-refractivity contribution is 5.75. The Balaban J connectivity index is 1.62. The molecule has 31 nitrogen and oxygen atoms in total. The van der Waals surface area contributed by atoms with Gasteiger partial charge in [0.05, 0.1) is 39.1 Å². The van der Waals surface area contributed by atoms with Crippen LogP contribution in [0.2, 0.25) is 0 Å². The van der Waals surface area contributed by atoms with Gasteiger partial charge in [-0.3, -0.25) is 4.79 Å². The molecule has 0 saturated carbocycles. The molecule has 20 N–H and O–H groups in total. The number of aliphatic hydroxyl groups excluding tert-OH is 17. The Labute approximate surface area is 377 Å². The zero-order chi connectivity index (χ0) is 50.0. The third-order valence-corrected chi connectivity index (χ3v) is 12.0. The smallest absolute Gasteiger partial charge is 0.364 e. The minimum atomic E-state index is -3.20. The summed E-state index contributed by atoms with van der Waals surface area (Å²) in [5, 5.41) is 204. The van der Waals surface area contributed by atoms with Crippen LogP contribution in [0.25, 0.3) is 0 Å². The summed E-state index contributed by atoms with van der Waals surface area (Å²) in [6.45, 7) is -4.63. The van der Waals surface area contributed by atoms with E-state index in [-0.39, 0.29) is 0 Å². The first-order valence-electron chi connectivity index (χ1n) is 20.8. The molecule has 0 spiro atoms. The van der Waals surface area contributed by atoms with Crippen molar-refractivity contribution in [3.63, 3.8) is 0 Å². The minimum Gasteiger partial charge on any atom is -0.477 e. The van der Waals surface area contributed by atoms with E-state index >= 15 is 0 Å². The van der Waals surface area contributed by atoms with Crippen molar-refractivity contribution in [3.05, 3.63) is 0 Å². The molecule has 0 aromatic carbocycles. The fraction of sp³-hybridized carbons (Fsp3) is 0.944. The summed E-state index contributed by atoms with van der Waals surface area (Å²) in [6, 6.07) is -1.75.